The zero-order valence-corrected chi connectivity index (χ0v) is 21.0. The molecule has 1 aromatic heterocycles. The molecule has 2 aromatic carbocycles. The average molecular weight is 523 g/mol. The van der Waals surface area contributed by atoms with Crippen LogP contribution in [0.1, 0.15) is 54.5 Å². The minimum Gasteiger partial charge on any atom is -0.390 e. The number of rotatable bonds is 3. The van der Waals surface area contributed by atoms with Crippen molar-refractivity contribution >= 4 is 5.91 Å². The molecule has 0 radical (unpaired) electrons. The third-order valence-corrected chi connectivity index (χ3v) is 7.19. The highest BCUT2D eigenvalue weighted by Crippen LogP contribution is 2.42. The molecule has 0 fully saturated rings. The summed E-state index contributed by atoms with van der Waals surface area (Å²) in [5.74, 6) is -1.60. The van der Waals surface area contributed by atoms with Gasteiger partial charge in [0.15, 0.2) is 0 Å². The number of benzene rings is 2. The highest BCUT2D eigenvalue weighted by molar-refractivity contribution is 5.76. The van der Waals surface area contributed by atoms with Gasteiger partial charge in [-0.05, 0) is 66.1 Å². The number of nitrogens with zero attached hydrogens (tertiary/aromatic N) is 1. The fourth-order valence-electron chi connectivity index (χ4n) is 5.27. The number of ether oxygens (including phenoxy) is 1. The van der Waals surface area contributed by atoms with Crippen LogP contribution in [0.2, 0.25) is 0 Å². The molecule has 4 atom stereocenters. The lowest BCUT2D eigenvalue weighted by Crippen LogP contribution is -2.49. The molecule has 4 N–H and O–H groups in total. The van der Waals surface area contributed by atoms with Gasteiger partial charge in [0.05, 0.1) is 31.1 Å². The SMILES string of the molecule is O=C1CCC/C=C\CO[C@@H]2C[C@H](NC[C@@H](O)[C@H](Cc3cc(F)cc(F)c3)N1)c1cc(-c3cn[nH]c3)ccc12. The normalized spacial score (nSPS) is 25.5. The summed E-state index contributed by atoms with van der Waals surface area (Å²) in [6, 6.07) is 8.71. The van der Waals surface area contributed by atoms with Crippen molar-refractivity contribution in [3.05, 3.63) is 89.3 Å². The van der Waals surface area contributed by atoms with Gasteiger partial charge >= 0.3 is 0 Å². The zero-order valence-electron chi connectivity index (χ0n) is 21.0. The first-order chi connectivity index (χ1) is 18.5. The number of fused-ring (bicyclic) bond motifs is 5. The predicted molar refractivity (Wildman–Crippen MR) is 139 cm³/mol. The van der Waals surface area contributed by atoms with E-state index >= 15 is 0 Å². The van der Waals surface area contributed by atoms with Crippen molar-refractivity contribution in [2.24, 2.45) is 0 Å². The Hall–Kier alpha value is -3.40. The maximum absolute atomic E-state index is 13.8. The van der Waals surface area contributed by atoms with Gasteiger partial charge in [-0.3, -0.25) is 9.89 Å². The first kappa shape index (κ1) is 26.2. The number of carbonyl (C=O) groups is 1. The summed E-state index contributed by atoms with van der Waals surface area (Å²) in [6.07, 6.45) is 8.95. The zero-order chi connectivity index (χ0) is 26.5. The van der Waals surface area contributed by atoms with E-state index < -0.39 is 23.8 Å². The van der Waals surface area contributed by atoms with Gasteiger partial charge in [-0.1, -0.05) is 24.3 Å². The number of aliphatic hydroxyl groups is 1. The molecule has 1 aliphatic carbocycles. The summed E-state index contributed by atoms with van der Waals surface area (Å²) in [5, 5.41) is 24.4. The summed E-state index contributed by atoms with van der Waals surface area (Å²) in [4.78, 5) is 12.6. The van der Waals surface area contributed by atoms with Crippen molar-refractivity contribution in [2.45, 2.75) is 56.4 Å². The number of aromatic amines is 1. The van der Waals surface area contributed by atoms with E-state index in [-0.39, 0.29) is 37.4 Å². The number of β-amino-alcohol motifs (C(OH)–C–C–N with tert-alkyl or cyclic N) is 1. The summed E-state index contributed by atoms with van der Waals surface area (Å²) in [6.45, 7) is 0.650. The van der Waals surface area contributed by atoms with E-state index in [0.717, 1.165) is 34.7 Å². The van der Waals surface area contributed by atoms with Gasteiger partial charge < -0.3 is 20.5 Å². The molecule has 1 aliphatic heterocycles. The number of allylic oxidation sites excluding steroid dienone is 1. The molecule has 38 heavy (non-hydrogen) atoms. The minimum atomic E-state index is -0.987. The van der Waals surface area contributed by atoms with Crippen LogP contribution in [-0.4, -0.2) is 46.5 Å². The average Bonchev–Trinajstić information content (AvgIpc) is 3.53. The Balaban J connectivity index is 1.39. The van der Waals surface area contributed by atoms with E-state index in [1.807, 2.05) is 18.3 Å². The minimum absolute atomic E-state index is 0.0867. The second-order valence-electron chi connectivity index (χ2n) is 9.94. The lowest BCUT2D eigenvalue weighted by molar-refractivity contribution is -0.122. The van der Waals surface area contributed by atoms with Crippen molar-refractivity contribution in [1.82, 2.24) is 20.8 Å². The summed E-state index contributed by atoms with van der Waals surface area (Å²) in [7, 11) is 0. The Bertz CT molecular complexity index is 1260. The Labute approximate surface area is 220 Å². The molecular weight excluding hydrogens is 490 g/mol. The number of carbonyl (C=O) groups excluding carboxylic acids is 1. The number of hydrogen-bond acceptors (Lipinski definition) is 5. The van der Waals surface area contributed by atoms with Gasteiger partial charge in [0, 0.05) is 36.8 Å². The molecule has 5 rings (SSSR count). The van der Waals surface area contributed by atoms with E-state index in [1.54, 1.807) is 6.20 Å². The van der Waals surface area contributed by atoms with Crippen molar-refractivity contribution < 1.29 is 23.4 Å². The van der Waals surface area contributed by atoms with Crippen molar-refractivity contribution in [3.8, 4) is 11.1 Å². The topological polar surface area (TPSA) is 99.3 Å². The second-order valence-corrected chi connectivity index (χ2v) is 9.94. The summed E-state index contributed by atoms with van der Waals surface area (Å²) >= 11 is 0. The molecule has 0 spiro atoms. The number of hydrogen-bond donors (Lipinski definition) is 4. The number of nitrogens with one attached hydrogen (secondary N) is 3. The quantitative estimate of drug-likeness (QED) is 0.385. The van der Waals surface area contributed by atoms with Gasteiger partial charge in [-0.2, -0.15) is 5.10 Å². The second kappa shape index (κ2) is 12.0. The monoisotopic (exact) mass is 522 g/mol. The van der Waals surface area contributed by atoms with Gasteiger partial charge in [-0.15, -0.1) is 0 Å². The molecule has 2 bridgehead atoms. The van der Waals surface area contributed by atoms with Crippen LogP contribution in [0.25, 0.3) is 11.1 Å². The van der Waals surface area contributed by atoms with Crippen molar-refractivity contribution in [1.29, 1.82) is 0 Å². The lowest BCUT2D eigenvalue weighted by atomic mass is 9.99. The molecule has 1 amide bonds. The van der Waals surface area contributed by atoms with Crippen LogP contribution in [0.5, 0.6) is 0 Å². The molecule has 200 valence electrons. The van der Waals surface area contributed by atoms with Gasteiger partial charge in [-0.25, -0.2) is 8.78 Å². The molecule has 7 nitrogen and oxygen atoms in total. The van der Waals surface area contributed by atoms with E-state index in [9.17, 15) is 18.7 Å². The molecule has 0 saturated carbocycles. The molecule has 3 aromatic rings. The van der Waals surface area contributed by atoms with Gasteiger partial charge in [0.2, 0.25) is 5.91 Å². The maximum Gasteiger partial charge on any atom is 0.220 e. The number of H-pyrrole nitrogens is 1. The molecular formula is C29H32F2N4O3. The van der Waals surface area contributed by atoms with Gasteiger partial charge in [0.1, 0.15) is 11.6 Å². The van der Waals surface area contributed by atoms with Crippen LogP contribution in [0.15, 0.2) is 60.9 Å². The largest absolute Gasteiger partial charge is 0.390 e. The summed E-state index contributed by atoms with van der Waals surface area (Å²) < 4.78 is 33.9. The Morgan fingerprint density at radius 2 is 1.89 bits per heavy atom. The Morgan fingerprint density at radius 3 is 2.68 bits per heavy atom. The lowest BCUT2D eigenvalue weighted by Gasteiger charge is -2.26. The Morgan fingerprint density at radius 1 is 1.05 bits per heavy atom. The third-order valence-electron chi connectivity index (χ3n) is 7.19. The molecule has 0 saturated heterocycles. The van der Waals surface area contributed by atoms with Crippen LogP contribution < -0.4 is 10.6 Å². The first-order valence-electron chi connectivity index (χ1n) is 13.0. The standard InChI is InChI=1S/C29H32F2N4O3/c30-21-9-18(10-22(31)13-21)11-26-27(36)17-32-25-14-28(38-8-4-2-1-3-5-29(37)35-26)23-7-6-19(12-24(23)25)20-15-33-34-16-20/h2,4,6-7,9-10,12-13,15-16,25-28,32,36H,1,3,5,8,11,14,17H2,(H,33,34)(H,35,37)/b4-2-/t25-,26-,27+,28+/m0/s1. The fourth-order valence-corrected chi connectivity index (χ4v) is 5.27. The predicted octanol–water partition coefficient (Wildman–Crippen LogP) is 4.28. The Kier molecular flexibility index (Phi) is 8.26. The van der Waals surface area contributed by atoms with Crippen molar-refractivity contribution in [2.75, 3.05) is 13.2 Å². The van der Waals surface area contributed by atoms with Crippen LogP contribution in [0.4, 0.5) is 8.78 Å². The maximum atomic E-state index is 13.8. The molecule has 9 heteroatoms. The highest BCUT2D eigenvalue weighted by Gasteiger charge is 2.33. The van der Waals surface area contributed by atoms with Crippen LogP contribution in [-0.2, 0) is 16.0 Å². The number of amides is 1. The third kappa shape index (κ3) is 6.35. The highest BCUT2D eigenvalue weighted by atomic mass is 19.1. The van der Waals surface area contributed by atoms with E-state index in [1.165, 1.54) is 12.1 Å². The molecule has 0 unspecified atom stereocenters. The van der Waals surface area contributed by atoms with Crippen LogP contribution >= 0.6 is 0 Å². The smallest absolute Gasteiger partial charge is 0.220 e. The molecule has 2 heterocycles. The van der Waals surface area contributed by atoms with Crippen LogP contribution in [0, 0.1) is 11.6 Å². The fraction of sp³-hybridized carbons (Fsp3) is 0.379. The van der Waals surface area contributed by atoms with E-state index in [0.29, 0.717) is 25.0 Å². The number of halogens is 2. The number of aromatic nitrogens is 2. The molecule has 2 aliphatic rings. The van der Waals surface area contributed by atoms with E-state index in [4.69, 9.17) is 4.74 Å². The van der Waals surface area contributed by atoms with Crippen LogP contribution in [0.3, 0.4) is 0 Å². The van der Waals surface area contributed by atoms with Gasteiger partial charge in [0.25, 0.3) is 0 Å². The number of aliphatic hydroxyl groups excluding tert-OH is 1. The van der Waals surface area contributed by atoms with E-state index in [2.05, 4.69) is 39.0 Å². The first-order valence-corrected chi connectivity index (χ1v) is 13.0. The summed E-state index contributed by atoms with van der Waals surface area (Å²) in [5.41, 5.74) is 4.55. The van der Waals surface area contributed by atoms with Crippen molar-refractivity contribution in [3.63, 3.8) is 0 Å².